The monoisotopic (exact) mass is 211 g/mol. The van der Waals surface area contributed by atoms with Gasteiger partial charge in [0.15, 0.2) is 0 Å². The van der Waals surface area contributed by atoms with Crippen molar-refractivity contribution in [3.63, 3.8) is 0 Å². The normalized spacial score (nSPS) is 34.6. The number of rotatable bonds is 2. The third kappa shape index (κ3) is 2.73. The number of aliphatic hydroxyl groups excluding tert-OH is 1. The van der Waals surface area contributed by atoms with Crippen LogP contribution in [0.25, 0.3) is 0 Å². The Balaban J connectivity index is 1.89. The fourth-order valence-corrected chi connectivity index (χ4v) is 3.33. The largest absolute Gasteiger partial charge is 0.391 e. The van der Waals surface area contributed by atoms with Gasteiger partial charge in [0.1, 0.15) is 0 Å². The lowest BCUT2D eigenvalue weighted by Crippen LogP contribution is -2.48. The van der Waals surface area contributed by atoms with E-state index in [2.05, 4.69) is 11.9 Å². The molecule has 2 aliphatic rings. The molecule has 0 aromatic heterocycles. The first-order valence-corrected chi connectivity index (χ1v) is 6.69. The van der Waals surface area contributed by atoms with Gasteiger partial charge in [0.05, 0.1) is 6.10 Å². The van der Waals surface area contributed by atoms with Crippen molar-refractivity contribution in [3.8, 4) is 0 Å². The van der Waals surface area contributed by atoms with Crippen LogP contribution in [0.4, 0.5) is 0 Å². The van der Waals surface area contributed by atoms with Crippen molar-refractivity contribution in [1.82, 2.24) is 4.90 Å². The summed E-state index contributed by atoms with van der Waals surface area (Å²) in [4.78, 5) is 2.49. The second-order valence-corrected chi connectivity index (χ2v) is 5.38. The summed E-state index contributed by atoms with van der Waals surface area (Å²) in [5, 5.41) is 10.0. The van der Waals surface area contributed by atoms with Crippen LogP contribution in [0.15, 0.2) is 0 Å². The van der Waals surface area contributed by atoms with E-state index in [1.165, 1.54) is 51.4 Å². The molecule has 0 unspecified atom stereocenters. The maximum atomic E-state index is 10.0. The average Bonchev–Trinajstić information content (AvgIpc) is 2.30. The van der Waals surface area contributed by atoms with Crippen LogP contribution < -0.4 is 0 Å². The maximum Gasteiger partial charge on any atom is 0.0695 e. The van der Waals surface area contributed by atoms with Crippen LogP contribution in [0.5, 0.6) is 0 Å². The van der Waals surface area contributed by atoms with Crippen LogP contribution in [-0.4, -0.2) is 35.2 Å². The van der Waals surface area contributed by atoms with Gasteiger partial charge in [-0.05, 0) is 32.7 Å². The number of hydrogen-bond donors (Lipinski definition) is 1. The predicted octanol–water partition coefficient (Wildman–Crippen LogP) is 2.55. The van der Waals surface area contributed by atoms with E-state index < -0.39 is 0 Å². The van der Waals surface area contributed by atoms with Crippen molar-refractivity contribution in [2.75, 3.05) is 7.05 Å². The molecular weight excluding hydrogens is 186 g/mol. The van der Waals surface area contributed by atoms with Crippen molar-refractivity contribution < 1.29 is 5.11 Å². The standard InChI is InChI=1S/C13H25NO/c1-14(11-7-3-2-4-8-11)12-9-5-6-10-13(12)15/h11-13,15H,2-10H2,1H3/t12-,13-/m1/s1. The summed E-state index contributed by atoms with van der Waals surface area (Å²) in [5.41, 5.74) is 0. The van der Waals surface area contributed by atoms with Gasteiger partial charge in [0, 0.05) is 12.1 Å². The van der Waals surface area contributed by atoms with E-state index in [4.69, 9.17) is 0 Å². The minimum Gasteiger partial charge on any atom is -0.391 e. The SMILES string of the molecule is CN(C1CCCCC1)[C@@H]1CCCC[C@H]1O. The molecule has 0 radical (unpaired) electrons. The number of hydrogen-bond acceptors (Lipinski definition) is 2. The van der Waals surface area contributed by atoms with Gasteiger partial charge in [-0.15, -0.1) is 0 Å². The van der Waals surface area contributed by atoms with Crippen LogP contribution >= 0.6 is 0 Å². The summed E-state index contributed by atoms with van der Waals surface area (Å²) in [6, 6.07) is 1.19. The Kier molecular flexibility index (Phi) is 4.04. The van der Waals surface area contributed by atoms with Crippen molar-refractivity contribution in [2.24, 2.45) is 0 Å². The summed E-state index contributed by atoms with van der Waals surface area (Å²) in [5.74, 6) is 0. The third-order valence-corrected chi connectivity index (χ3v) is 4.37. The molecule has 2 atom stereocenters. The molecule has 2 nitrogen and oxygen atoms in total. The zero-order valence-electron chi connectivity index (χ0n) is 9.99. The van der Waals surface area contributed by atoms with E-state index in [-0.39, 0.29) is 6.10 Å². The van der Waals surface area contributed by atoms with E-state index >= 15 is 0 Å². The summed E-state index contributed by atoms with van der Waals surface area (Å²) in [7, 11) is 2.23. The van der Waals surface area contributed by atoms with Crippen LogP contribution in [0.2, 0.25) is 0 Å². The molecule has 2 aliphatic carbocycles. The first kappa shape index (κ1) is 11.4. The second-order valence-electron chi connectivity index (χ2n) is 5.38. The third-order valence-electron chi connectivity index (χ3n) is 4.37. The van der Waals surface area contributed by atoms with E-state index in [0.29, 0.717) is 6.04 Å². The van der Waals surface area contributed by atoms with Crippen LogP contribution in [0.1, 0.15) is 57.8 Å². The Labute approximate surface area is 93.7 Å². The van der Waals surface area contributed by atoms with Gasteiger partial charge < -0.3 is 5.11 Å². The fourth-order valence-electron chi connectivity index (χ4n) is 3.33. The van der Waals surface area contributed by atoms with Crippen LogP contribution in [-0.2, 0) is 0 Å². The van der Waals surface area contributed by atoms with Gasteiger partial charge in [-0.25, -0.2) is 0 Å². The summed E-state index contributed by atoms with van der Waals surface area (Å²) in [6.45, 7) is 0. The summed E-state index contributed by atoms with van der Waals surface area (Å²) >= 11 is 0. The molecule has 0 aromatic carbocycles. The van der Waals surface area contributed by atoms with E-state index in [1.807, 2.05) is 0 Å². The highest BCUT2D eigenvalue weighted by molar-refractivity contribution is 4.86. The number of nitrogens with zero attached hydrogens (tertiary/aromatic N) is 1. The zero-order valence-corrected chi connectivity index (χ0v) is 9.99. The van der Waals surface area contributed by atoms with E-state index in [1.54, 1.807) is 0 Å². The summed E-state index contributed by atoms with van der Waals surface area (Å²) in [6.07, 6.45) is 11.6. The molecule has 2 heteroatoms. The zero-order chi connectivity index (χ0) is 10.7. The molecule has 0 bridgehead atoms. The molecule has 2 fully saturated rings. The number of likely N-dealkylation sites (N-methyl/N-ethyl adjacent to an activating group) is 1. The molecule has 0 spiro atoms. The quantitative estimate of drug-likeness (QED) is 0.759. The highest BCUT2D eigenvalue weighted by Crippen LogP contribution is 2.28. The molecule has 0 heterocycles. The van der Waals surface area contributed by atoms with Crippen LogP contribution in [0, 0.1) is 0 Å². The Morgan fingerprint density at radius 1 is 0.867 bits per heavy atom. The number of aliphatic hydroxyl groups is 1. The van der Waals surface area contributed by atoms with Crippen molar-refractivity contribution in [3.05, 3.63) is 0 Å². The van der Waals surface area contributed by atoms with E-state index in [9.17, 15) is 5.11 Å². The minimum absolute atomic E-state index is 0.0642. The highest BCUT2D eigenvalue weighted by atomic mass is 16.3. The second kappa shape index (κ2) is 5.31. The molecule has 0 saturated heterocycles. The average molecular weight is 211 g/mol. The molecule has 2 saturated carbocycles. The molecule has 0 aliphatic heterocycles. The Morgan fingerprint density at radius 2 is 1.47 bits per heavy atom. The minimum atomic E-state index is -0.0642. The van der Waals surface area contributed by atoms with Gasteiger partial charge in [0.25, 0.3) is 0 Å². The molecule has 0 aromatic rings. The van der Waals surface area contributed by atoms with Crippen molar-refractivity contribution in [2.45, 2.75) is 76.0 Å². The Morgan fingerprint density at radius 3 is 2.13 bits per heavy atom. The predicted molar refractivity (Wildman–Crippen MR) is 62.9 cm³/mol. The van der Waals surface area contributed by atoms with Gasteiger partial charge in [-0.2, -0.15) is 0 Å². The molecule has 2 rings (SSSR count). The van der Waals surface area contributed by atoms with Crippen molar-refractivity contribution >= 4 is 0 Å². The topological polar surface area (TPSA) is 23.5 Å². The Hall–Kier alpha value is -0.0800. The molecule has 1 N–H and O–H groups in total. The molecule has 15 heavy (non-hydrogen) atoms. The molecule has 0 amide bonds. The fraction of sp³-hybridized carbons (Fsp3) is 1.00. The van der Waals surface area contributed by atoms with Gasteiger partial charge in [-0.3, -0.25) is 4.90 Å². The lowest BCUT2D eigenvalue weighted by molar-refractivity contribution is 0.00506. The van der Waals surface area contributed by atoms with Gasteiger partial charge in [0.2, 0.25) is 0 Å². The molecule has 88 valence electrons. The lowest BCUT2D eigenvalue weighted by atomic mass is 9.87. The van der Waals surface area contributed by atoms with Crippen molar-refractivity contribution in [1.29, 1.82) is 0 Å². The first-order chi connectivity index (χ1) is 7.29. The van der Waals surface area contributed by atoms with Gasteiger partial charge in [-0.1, -0.05) is 32.1 Å². The molecular formula is C13H25NO. The lowest BCUT2D eigenvalue weighted by Gasteiger charge is -2.41. The Bertz CT molecular complexity index is 189. The van der Waals surface area contributed by atoms with Crippen LogP contribution in [0.3, 0.4) is 0 Å². The first-order valence-electron chi connectivity index (χ1n) is 6.69. The summed E-state index contributed by atoms with van der Waals surface area (Å²) < 4.78 is 0. The van der Waals surface area contributed by atoms with Gasteiger partial charge >= 0.3 is 0 Å². The van der Waals surface area contributed by atoms with E-state index in [0.717, 1.165) is 12.5 Å². The maximum absolute atomic E-state index is 10.0. The smallest absolute Gasteiger partial charge is 0.0695 e. The highest BCUT2D eigenvalue weighted by Gasteiger charge is 2.30.